The predicted octanol–water partition coefficient (Wildman–Crippen LogP) is 1.65. The Morgan fingerprint density at radius 3 is 2.30 bits per heavy atom. The van der Waals surface area contributed by atoms with Crippen molar-refractivity contribution in [1.82, 2.24) is 9.80 Å². The van der Waals surface area contributed by atoms with Gasteiger partial charge in [-0.25, -0.2) is 9.59 Å². The smallest absolute Gasteiger partial charge is 0.410 e. The maximum Gasteiger partial charge on any atom is 0.410 e. The third-order valence-electron chi connectivity index (χ3n) is 4.05. The molecule has 7 heteroatoms. The van der Waals surface area contributed by atoms with Crippen LogP contribution in [0, 0.1) is 5.92 Å². The number of likely N-dealkylation sites (N-methyl/N-ethyl adjacent to an activating group) is 1. The molecule has 0 spiro atoms. The molecule has 2 amide bonds. The van der Waals surface area contributed by atoms with Gasteiger partial charge in [-0.2, -0.15) is 0 Å². The van der Waals surface area contributed by atoms with Crippen LogP contribution >= 0.6 is 0 Å². The summed E-state index contributed by atoms with van der Waals surface area (Å²) in [6.07, 6.45) is 0.218. The van der Waals surface area contributed by atoms with E-state index >= 15 is 0 Å². The Labute approximate surface area is 137 Å². The van der Waals surface area contributed by atoms with Crippen LogP contribution in [0.2, 0.25) is 0 Å². The maximum absolute atomic E-state index is 12.8. The van der Waals surface area contributed by atoms with Crippen molar-refractivity contribution in [3.63, 3.8) is 0 Å². The van der Waals surface area contributed by atoms with Gasteiger partial charge in [-0.05, 0) is 40.0 Å². The van der Waals surface area contributed by atoms with Crippen molar-refractivity contribution < 1.29 is 23.9 Å². The highest BCUT2D eigenvalue weighted by atomic mass is 16.6. The lowest BCUT2D eigenvalue weighted by molar-refractivity contribution is -0.152. The Morgan fingerprint density at radius 2 is 1.83 bits per heavy atom. The Kier molecular flexibility index (Phi) is 6.02. The first-order valence-corrected chi connectivity index (χ1v) is 7.83. The largest absolute Gasteiger partial charge is 0.467 e. The van der Waals surface area contributed by atoms with E-state index in [-0.39, 0.29) is 11.8 Å². The van der Waals surface area contributed by atoms with E-state index in [1.54, 1.807) is 34.7 Å². The van der Waals surface area contributed by atoms with E-state index < -0.39 is 29.7 Å². The summed E-state index contributed by atoms with van der Waals surface area (Å²) in [6.45, 7) is 9.34. The first-order chi connectivity index (χ1) is 10.5. The van der Waals surface area contributed by atoms with Gasteiger partial charge in [-0.3, -0.25) is 9.69 Å². The van der Waals surface area contributed by atoms with Gasteiger partial charge in [0.15, 0.2) is 0 Å². The SMILES string of the molecule is COC(=O)[C@H](C)N(C)C(=O)[C@@H]1[C@@H](C)CCN1C(=O)OC(C)(C)C. The molecule has 3 atom stereocenters. The van der Waals surface area contributed by atoms with Crippen LogP contribution < -0.4 is 0 Å². The minimum Gasteiger partial charge on any atom is -0.467 e. The van der Waals surface area contributed by atoms with Gasteiger partial charge in [0.05, 0.1) is 7.11 Å². The normalized spacial score (nSPS) is 22.5. The fourth-order valence-electron chi connectivity index (χ4n) is 2.58. The lowest BCUT2D eigenvalue weighted by Crippen LogP contribution is -2.53. The molecule has 0 bridgehead atoms. The molecule has 1 rings (SSSR count). The van der Waals surface area contributed by atoms with Crippen molar-refractivity contribution in [3.8, 4) is 0 Å². The van der Waals surface area contributed by atoms with E-state index in [1.807, 2.05) is 6.92 Å². The molecule has 7 nitrogen and oxygen atoms in total. The first-order valence-electron chi connectivity index (χ1n) is 7.83. The van der Waals surface area contributed by atoms with Crippen molar-refractivity contribution in [2.24, 2.45) is 5.92 Å². The molecule has 1 heterocycles. The van der Waals surface area contributed by atoms with Gasteiger partial charge >= 0.3 is 12.1 Å². The van der Waals surface area contributed by atoms with Gasteiger partial charge in [0.2, 0.25) is 5.91 Å². The molecule has 0 aromatic rings. The van der Waals surface area contributed by atoms with Gasteiger partial charge < -0.3 is 14.4 Å². The highest BCUT2D eigenvalue weighted by Crippen LogP contribution is 2.27. The second kappa shape index (κ2) is 7.19. The van der Waals surface area contributed by atoms with Crippen molar-refractivity contribution in [3.05, 3.63) is 0 Å². The summed E-state index contributed by atoms with van der Waals surface area (Å²) >= 11 is 0. The second-order valence-electron chi connectivity index (χ2n) is 7.03. The first kappa shape index (κ1) is 19.3. The van der Waals surface area contributed by atoms with Crippen LogP contribution in [0.1, 0.15) is 41.0 Å². The number of hydrogen-bond acceptors (Lipinski definition) is 5. The highest BCUT2D eigenvalue weighted by molar-refractivity contribution is 5.90. The van der Waals surface area contributed by atoms with Crippen molar-refractivity contribution in [2.45, 2.75) is 58.7 Å². The third kappa shape index (κ3) is 4.59. The van der Waals surface area contributed by atoms with Crippen LogP contribution in [0.25, 0.3) is 0 Å². The molecule has 132 valence electrons. The van der Waals surface area contributed by atoms with Crippen LogP contribution in [0.5, 0.6) is 0 Å². The molecule has 0 aliphatic carbocycles. The molecule has 1 fully saturated rings. The molecule has 0 aromatic heterocycles. The number of amides is 2. The molecule has 0 saturated carbocycles. The molecule has 23 heavy (non-hydrogen) atoms. The second-order valence-corrected chi connectivity index (χ2v) is 7.03. The lowest BCUT2D eigenvalue weighted by atomic mass is 10.0. The predicted molar refractivity (Wildman–Crippen MR) is 84.8 cm³/mol. The molecule has 0 radical (unpaired) electrons. The number of hydrogen-bond donors (Lipinski definition) is 0. The number of ether oxygens (including phenoxy) is 2. The minimum absolute atomic E-state index is 0.00214. The fourth-order valence-corrected chi connectivity index (χ4v) is 2.58. The molecular formula is C16H28N2O5. The molecule has 0 aromatic carbocycles. The van der Waals surface area contributed by atoms with Crippen LogP contribution in [0.15, 0.2) is 0 Å². The van der Waals surface area contributed by atoms with E-state index in [0.717, 1.165) is 6.42 Å². The van der Waals surface area contributed by atoms with Gasteiger partial charge in [-0.1, -0.05) is 6.92 Å². The molecular weight excluding hydrogens is 300 g/mol. The van der Waals surface area contributed by atoms with Crippen LogP contribution in [0.3, 0.4) is 0 Å². The number of likely N-dealkylation sites (tertiary alicyclic amines) is 1. The van der Waals surface area contributed by atoms with E-state index in [9.17, 15) is 14.4 Å². The number of rotatable bonds is 3. The lowest BCUT2D eigenvalue weighted by Gasteiger charge is -2.33. The topological polar surface area (TPSA) is 76.2 Å². The summed E-state index contributed by atoms with van der Waals surface area (Å²) in [5, 5.41) is 0. The molecule has 1 aliphatic heterocycles. The van der Waals surface area contributed by atoms with E-state index in [0.29, 0.717) is 6.54 Å². The summed E-state index contributed by atoms with van der Waals surface area (Å²) < 4.78 is 10.1. The fraction of sp³-hybridized carbons (Fsp3) is 0.812. The van der Waals surface area contributed by atoms with Gasteiger partial charge in [0.1, 0.15) is 17.7 Å². The quantitative estimate of drug-likeness (QED) is 0.736. The van der Waals surface area contributed by atoms with Crippen molar-refractivity contribution in [1.29, 1.82) is 0 Å². The maximum atomic E-state index is 12.8. The number of carbonyl (C=O) groups excluding carboxylic acids is 3. The van der Waals surface area contributed by atoms with Crippen LogP contribution in [0.4, 0.5) is 4.79 Å². The monoisotopic (exact) mass is 328 g/mol. The standard InChI is InChI=1S/C16H28N2O5/c1-10-8-9-18(15(21)23-16(3,4)5)12(10)13(19)17(6)11(2)14(20)22-7/h10-12H,8-9H2,1-7H3/t10-,11-,12-/m0/s1. The summed E-state index contributed by atoms with van der Waals surface area (Å²) in [6, 6.07) is -1.33. The highest BCUT2D eigenvalue weighted by Gasteiger charge is 2.43. The van der Waals surface area contributed by atoms with Gasteiger partial charge in [0, 0.05) is 13.6 Å². The van der Waals surface area contributed by atoms with E-state index in [2.05, 4.69) is 4.74 Å². The van der Waals surface area contributed by atoms with Crippen molar-refractivity contribution in [2.75, 3.05) is 20.7 Å². The van der Waals surface area contributed by atoms with Crippen LogP contribution in [-0.2, 0) is 19.1 Å². The Bertz CT molecular complexity index is 472. The number of nitrogens with zero attached hydrogens (tertiary/aromatic N) is 2. The Balaban J connectivity index is 2.91. The van der Waals surface area contributed by atoms with Crippen LogP contribution in [-0.4, -0.2) is 66.2 Å². The zero-order valence-corrected chi connectivity index (χ0v) is 15.1. The number of carbonyl (C=O) groups is 3. The summed E-state index contributed by atoms with van der Waals surface area (Å²) in [5.74, 6) is -0.767. The Hall–Kier alpha value is -1.79. The van der Waals surface area contributed by atoms with E-state index in [1.165, 1.54) is 16.9 Å². The van der Waals surface area contributed by atoms with Gasteiger partial charge in [0.25, 0.3) is 0 Å². The average Bonchev–Trinajstić information content (AvgIpc) is 2.84. The van der Waals surface area contributed by atoms with Gasteiger partial charge in [-0.15, -0.1) is 0 Å². The molecule has 1 saturated heterocycles. The number of esters is 1. The van der Waals surface area contributed by atoms with Crippen molar-refractivity contribution >= 4 is 18.0 Å². The third-order valence-corrected chi connectivity index (χ3v) is 4.05. The Morgan fingerprint density at radius 1 is 1.26 bits per heavy atom. The minimum atomic E-state index is -0.708. The molecule has 0 unspecified atom stereocenters. The number of methoxy groups -OCH3 is 1. The molecule has 0 N–H and O–H groups in total. The zero-order chi connectivity index (χ0) is 17.9. The summed E-state index contributed by atoms with van der Waals surface area (Å²) in [7, 11) is 2.82. The zero-order valence-electron chi connectivity index (χ0n) is 15.1. The molecule has 1 aliphatic rings. The summed E-state index contributed by atoms with van der Waals surface area (Å²) in [4.78, 5) is 39.5. The average molecular weight is 328 g/mol. The summed E-state index contributed by atoms with van der Waals surface area (Å²) in [5.41, 5.74) is -0.623. The van der Waals surface area contributed by atoms with E-state index in [4.69, 9.17) is 4.74 Å².